The van der Waals surface area contributed by atoms with Gasteiger partial charge >= 0.3 is 0 Å². The first-order chi connectivity index (χ1) is 9.03. The van der Waals surface area contributed by atoms with Crippen LogP contribution in [0.25, 0.3) is 0 Å². The Labute approximate surface area is 120 Å². The molecule has 0 bridgehead atoms. The van der Waals surface area contributed by atoms with Gasteiger partial charge in [-0.3, -0.25) is 0 Å². The van der Waals surface area contributed by atoms with Crippen LogP contribution in [0.4, 0.5) is 0 Å². The van der Waals surface area contributed by atoms with E-state index in [1.807, 2.05) is 24.3 Å². The summed E-state index contributed by atoms with van der Waals surface area (Å²) in [5, 5.41) is 0.734. The molecule has 108 valence electrons. The number of hydrogen-bond donors (Lipinski definition) is 1. The van der Waals surface area contributed by atoms with Crippen LogP contribution in [0.15, 0.2) is 24.3 Å². The van der Waals surface area contributed by atoms with Crippen LogP contribution in [0.1, 0.15) is 18.4 Å². The molecule has 0 fully saturated rings. The molecule has 4 nitrogen and oxygen atoms in total. The second kappa shape index (κ2) is 8.53. The number of rotatable bonds is 9. The van der Waals surface area contributed by atoms with Gasteiger partial charge in [-0.05, 0) is 37.0 Å². The standard InChI is InChI=1S/C13H20ClNO3S/c1-18-9-10-19(16,17)15-8-3-2-5-12-6-4-7-13(14)11-12/h4,6-7,11,15H,2-3,5,8-10H2,1H3. The van der Waals surface area contributed by atoms with Crippen LogP contribution in [0.3, 0.4) is 0 Å². The van der Waals surface area contributed by atoms with Gasteiger partial charge in [0.25, 0.3) is 0 Å². The van der Waals surface area contributed by atoms with Crippen LogP contribution < -0.4 is 4.72 Å². The molecule has 0 aliphatic heterocycles. The predicted octanol–water partition coefficient (Wildman–Crippen LogP) is 2.23. The summed E-state index contributed by atoms with van der Waals surface area (Å²) in [6.45, 7) is 0.685. The topological polar surface area (TPSA) is 55.4 Å². The van der Waals surface area contributed by atoms with E-state index in [0.717, 1.165) is 24.3 Å². The number of aryl methyl sites for hydroxylation is 1. The summed E-state index contributed by atoms with van der Waals surface area (Å²) in [4.78, 5) is 0. The fourth-order valence-electron chi connectivity index (χ4n) is 1.64. The molecule has 0 aromatic heterocycles. The zero-order valence-electron chi connectivity index (χ0n) is 11.1. The molecule has 0 heterocycles. The maximum atomic E-state index is 11.5. The van der Waals surface area contributed by atoms with Crippen LogP contribution in [-0.2, 0) is 21.2 Å². The zero-order chi connectivity index (χ0) is 14.1. The first-order valence-electron chi connectivity index (χ1n) is 6.24. The SMILES string of the molecule is COCCS(=O)(=O)NCCCCc1cccc(Cl)c1. The third-order valence-electron chi connectivity index (χ3n) is 2.66. The fourth-order valence-corrected chi connectivity index (χ4v) is 2.84. The molecule has 0 amide bonds. The van der Waals surface area contributed by atoms with Crippen LogP contribution in [0.2, 0.25) is 5.02 Å². The van der Waals surface area contributed by atoms with Gasteiger partial charge in [-0.1, -0.05) is 23.7 Å². The van der Waals surface area contributed by atoms with Crippen LogP contribution in [0.5, 0.6) is 0 Å². The Bertz CT molecular complexity index is 477. The molecule has 0 saturated heterocycles. The lowest BCUT2D eigenvalue weighted by Crippen LogP contribution is -2.29. The molecule has 19 heavy (non-hydrogen) atoms. The van der Waals surface area contributed by atoms with Gasteiger partial charge in [0, 0.05) is 18.7 Å². The van der Waals surface area contributed by atoms with Crippen molar-refractivity contribution in [2.45, 2.75) is 19.3 Å². The number of nitrogens with one attached hydrogen (secondary N) is 1. The smallest absolute Gasteiger partial charge is 0.213 e. The number of benzene rings is 1. The number of sulfonamides is 1. The molecular formula is C13H20ClNO3S. The highest BCUT2D eigenvalue weighted by molar-refractivity contribution is 7.89. The lowest BCUT2D eigenvalue weighted by molar-refractivity contribution is 0.217. The Morgan fingerprint density at radius 1 is 1.32 bits per heavy atom. The summed E-state index contributed by atoms with van der Waals surface area (Å²) >= 11 is 5.89. The first kappa shape index (κ1) is 16.4. The molecule has 1 aromatic carbocycles. The van der Waals surface area contributed by atoms with Crippen molar-refractivity contribution in [1.29, 1.82) is 0 Å². The molecule has 0 spiro atoms. The van der Waals surface area contributed by atoms with Crippen LogP contribution in [-0.4, -0.2) is 34.4 Å². The van der Waals surface area contributed by atoms with Crippen molar-refractivity contribution >= 4 is 21.6 Å². The molecule has 0 saturated carbocycles. The van der Waals surface area contributed by atoms with E-state index < -0.39 is 10.0 Å². The summed E-state index contributed by atoms with van der Waals surface area (Å²) in [7, 11) is -1.71. The van der Waals surface area contributed by atoms with Crippen molar-refractivity contribution in [2.75, 3.05) is 26.0 Å². The van der Waals surface area contributed by atoms with E-state index in [1.54, 1.807) is 0 Å². The number of unbranched alkanes of at least 4 members (excludes halogenated alkanes) is 1. The first-order valence-corrected chi connectivity index (χ1v) is 8.27. The van der Waals surface area contributed by atoms with Crippen LogP contribution in [0, 0.1) is 0 Å². The minimum atomic E-state index is -3.19. The largest absolute Gasteiger partial charge is 0.384 e. The molecule has 0 aliphatic carbocycles. The second-order valence-corrected chi connectivity index (χ2v) is 6.66. The molecular weight excluding hydrogens is 286 g/mol. The highest BCUT2D eigenvalue weighted by Gasteiger charge is 2.08. The summed E-state index contributed by atoms with van der Waals surface area (Å²) in [5.74, 6) is 0.0117. The number of hydrogen-bond acceptors (Lipinski definition) is 3. The Morgan fingerprint density at radius 3 is 2.79 bits per heavy atom. The predicted molar refractivity (Wildman–Crippen MR) is 78.1 cm³/mol. The van der Waals surface area contributed by atoms with Crippen molar-refractivity contribution < 1.29 is 13.2 Å². The molecule has 1 rings (SSSR count). The summed E-state index contributed by atoms with van der Waals surface area (Å²) in [6, 6.07) is 7.72. The van der Waals surface area contributed by atoms with E-state index in [0.29, 0.717) is 6.54 Å². The normalized spacial score (nSPS) is 11.7. The van der Waals surface area contributed by atoms with E-state index in [9.17, 15) is 8.42 Å². The van der Waals surface area contributed by atoms with Gasteiger partial charge in [-0.2, -0.15) is 0 Å². The van der Waals surface area contributed by atoms with Crippen LogP contribution >= 0.6 is 11.6 Å². The van der Waals surface area contributed by atoms with E-state index in [-0.39, 0.29) is 12.4 Å². The average Bonchev–Trinajstić information content (AvgIpc) is 2.36. The zero-order valence-corrected chi connectivity index (χ0v) is 12.6. The van der Waals surface area contributed by atoms with Gasteiger partial charge in [-0.15, -0.1) is 0 Å². The summed E-state index contributed by atoms with van der Waals surface area (Å²) in [6.07, 6.45) is 2.63. The average molecular weight is 306 g/mol. The van der Waals surface area contributed by atoms with Gasteiger partial charge in [0.2, 0.25) is 10.0 Å². The van der Waals surface area contributed by atoms with Gasteiger partial charge in [0.15, 0.2) is 0 Å². The second-order valence-electron chi connectivity index (χ2n) is 4.29. The Balaban J connectivity index is 2.18. The third-order valence-corrected chi connectivity index (χ3v) is 4.24. The third kappa shape index (κ3) is 7.52. The number of methoxy groups -OCH3 is 1. The molecule has 1 N–H and O–H groups in total. The number of halogens is 1. The Morgan fingerprint density at radius 2 is 2.11 bits per heavy atom. The summed E-state index contributed by atoms with van der Waals surface area (Å²) < 4.78 is 30.2. The van der Waals surface area contributed by atoms with E-state index in [4.69, 9.17) is 16.3 Å². The van der Waals surface area contributed by atoms with Crippen molar-refractivity contribution in [3.63, 3.8) is 0 Å². The summed E-state index contributed by atoms with van der Waals surface area (Å²) in [5.41, 5.74) is 1.18. The van der Waals surface area contributed by atoms with Gasteiger partial charge < -0.3 is 4.74 Å². The van der Waals surface area contributed by atoms with E-state index in [1.165, 1.54) is 12.7 Å². The molecule has 1 aromatic rings. The molecule has 0 radical (unpaired) electrons. The Kier molecular flexibility index (Phi) is 7.38. The van der Waals surface area contributed by atoms with Gasteiger partial charge in [0.1, 0.15) is 0 Å². The number of ether oxygens (including phenoxy) is 1. The monoisotopic (exact) mass is 305 g/mol. The quantitative estimate of drug-likeness (QED) is 0.712. The van der Waals surface area contributed by atoms with Crippen molar-refractivity contribution in [3.05, 3.63) is 34.9 Å². The van der Waals surface area contributed by atoms with E-state index >= 15 is 0 Å². The molecule has 0 unspecified atom stereocenters. The highest BCUT2D eigenvalue weighted by Crippen LogP contribution is 2.12. The maximum Gasteiger partial charge on any atom is 0.213 e. The molecule has 6 heteroatoms. The van der Waals surface area contributed by atoms with Crippen molar-refractivity contribution in [2.24, 2.45) is 0 Å². The lowest BCUT2D eigenvalue weighted by atomic mass is 10.1. The van der Waals surface area contributed by atoms with E-state index in [2.05, 4.69) is 4.72 Å². The minimum absolute atomic E-state index is 0.0117. The fraction of sp³-hybridized carbons (Fsp3) is 0.538. The minimum Gasteiger partial charge on any atom is -0.384 e. The van der Waals surface area contributed by atoms with Crippen molar-refractivity contribution in [1.82, 2.24) is 4.72 Å². The van der Waals surface area contributed by atoms with Gasteiger partial charge in [0.05, 0.1) is 12.4 Å². The molecule has 0 aliphatic rings. The lowest BCUT2D eigenvalue weighted by Gasteiger charge is -2.06. The maximum absolute atomic E-state index is 11.5. The van der Waals surface area contributed by atoms with Crippen molar-refractivity contribution in [3.8, 4) is 0 Å². The Hall–Kier alpha value is -0.620. The van der Waals surface area contributed by atoms with Gasteiger partial charge in [-0.25, -0.2) is 13.1 Å². The molecule has 0 atom stereocenters. The highest BCUT2D eigenvalue weighted by atomic mass is 35.5.